The van der Waals surface area contributed by atoms with Crippen LogP contribution in [0.4, 0.5) is 0 Å². The standard InChI is InChI=1S/C20H28N4O/c1-15-14-17(22-24(15)20(2,3)4)19(25)23-13-7-5-6-8-18(23)16-9-11-21-12-10-16/h9-12,14,18H,5-8,13H2,1-4H3/t18-/m0/s1. The summed E-state index contributed by atoms with van der Waals surface area (Å²) in [5, 5.41) is 4.63. The molecule has 2 aromatic heterocycles. The molecular formula is C20H28N4O. The van der Waals surface area contributed by atoms with Crippen LogP contribution in [0.5, 0.6) is 0 Å². The number of nitrogens with zero attached hydrogens (tertiary/aromatic N) is 4. The van der Waals surface area contributed by atoms with Gasteiger partial charge in [-0.25, -0.2) is 0 Å². The molecule has 0 bridgehead atoms. The predicted molar refractivity (Wildman–Crippen MR) is 98.4 cm³/mol. The number of likely N-dealkylation sites (tertiary alicyclic amines) is 1. The number of aryl methyl sites for hydroxylation is 1. The smallest absolute Gasteiger partial charge is 0.274 e. The Hall–Kier alpha value is -2.17. The minimum Gasteiger partial charge on any atom is -0.330 e. The first-order chi connectivity index (χ1) is 11.9. The van der Waals surface area contributed by atoms with Crippen molar-refractivity contribution in [3.05, 3.63) is 47.5 Å². The highest BCUT2D eigenvalue weighted by Gasteiger charge is 2.30. The van der Waals surface area contributed by atoms with Crippen molar-refractivity contribution in [2.24, 2.45) is 0 Å². The molecule has 2 aromatic rings. The average molecular weight is 340 g/mol. The lowest BCUT2D eigenvalue weighted by Crippen LogP contribution is -2.35. The van der Waals surface area contributed by atoms with Crippen LogP contribution in [0.3, 0.4) is 0 Å². The quantitative estimate of drug-likeness (QED) is 0.827. The maximum Gasteiger partial charge on any atom is 0.274 e. The van der Waals surface area contributed by atoms with Crippen LogP contribution in [0.2, 0.25) is 0 Å². The molecule has 134 valence electrons. The van der Waals surface area contributed by atoms with Crippen molar-refractivity contribution in [3.63, 3.8) is 0 Å². The molecule has 0 N–H and O–H groups in total. The molecule has 3 rings (SSSR count). The number of carbonyl (C=O) groups is 1. The molecule has 0 unspecified atom stereocenters. The van der Waals surface area contributed by atoms with E-state index in [1.807, 2.05) is 34.7 Å². The van der Waals surface area contributed by atoms with Crippen molar-refractivity contribution in [3.8, 4) is 0 Å². The second-order valence-corrected chi connectivity index (χ2v) is 7.90. The second-order valence-electron chi connectivity index (χ2n) is 7.90. The molecule has 0 aromatic carbocycles. The summed E-state index contributed by atoms with van der Waals surface area (Å²) in [4.78, 5) is 19.4. The first kappa shape index (κ1) is 17.6. The van der Waals surface area contributed by atoms with Crippen LogP contribution in [0.1, 0.15) is 74.2 Å². The van der Waals surface area contributed by atoms with Crippen LogP contribution in [0.25, 0.3) is 0 Å². The molecule has 25 heavy (non-hydrogen) atoms. The first-order valence-corrected chi connectivity index (χ1v) is 9.16. The van der Waals surface area contributed by atoms with E-state index < -0.39 is 0 Å². The van der Waals surface area contributed by atoms with Crippen molar-refractivity contribution in [2.45, 2.75) is 65.0 Å². The summed E-state index contributed by atoms with van der Waals surface area (Å²) in [6.07, 6.45) is 7.97. The zero-order valence-corrected chi connectivity index (χ0v) is 15.7. The molecule has 1 aliphatic rings. The molecule has 1 aliphatic heterocycles. The molecule has 0 spiro atoms. The Labute approximate surface area is 150 Å². The zero-order valence-electron chi connectivity index (χ0n) is 15.7. The molecule has 5 nitrogen and oxygen atoms in total. The summed E-state index contributed by atoms with van der Waals surface area (Å²) in [6, 6.07) is 6.07. The van der Waals surface area contributed by atoms with E-state index >= 15 is 0 Å². The van der Waals surface area contributed by atoms with Gasteiger partial charge in [-0.1, -0.05) is 12.8 Å². The van der Waals surface area contributed by atoms with Crippen LogP contribution in [-0.4, -0.2) is 32.1 Å². The van der Waals surface area contributed by atoms with Gasteiger partial charge in [0.1, 0.15) is 0 Å². The van der Waals surface area contributed by atoms with Gasteiger partial charge in [0.25, 0.3) is 5.91 Å². The van der Waals surface area contributed by atoms with Gasteiger partial charge in [0, 0.05) is 24.6 Å². The van der Waals surface area contributed by atoms with E-state index in [2.05, 4.69) is 30.9 Å². The minimum atomic E-state index is -0.133. The van der Waals surface area contributed by atoms with E-state index in [-0.39, 0.29) is 17.5 Å². The van der Waals surface area contributed by atoms with Gasteiger partial charge in [-0.15, -0.1) is 0 Å². The van der Waals surface area contributed by atoms with E-state index in [1.54, 1.807) is 12.4 Å². The molecule has 1 fully saturated rings. The van der Waals surface area contributed by atoms with Crippen molar-refractivity contribution in [2.75, 3.05) is 6.54 Å². The van der Waals surface area contributed by atoms with Crippen molar-refractivity contribution < 1.29 is 4.79 Å². The van der Waals surface area contributed by atoms with Crippen LogP contribution in [0, 0.1) is 6.92 Å². The highest BCUT2D eigenvalue weighted by molar-refractivity contribution is 5.92. The number of pyridine rings is 1. The summed E-state index contributed by atoms with van der Waals surface area (Å²) in [7, 11) is 0. The number of aromatic nitrogens is 3. The second kappa shape index (κ2) is 6.98. The number of amides is 1. The van der Waals surface area contributed by atoms with E-state index in [0.717, 1.165) is 37.1 Å². The van der Waals surface area contributed by atoms with Gasteiger partial charge in [-0.2, -0.15) is 5.10 Å². The molecule has 0 aliphatic carbocycles. The van der Waals surface area contributed by atoms with E-state index in [0.29, 0.717) is 5.69 Å². The fourth-order valence-electron chi connectivity index (χ4n) is 3.69. The fraction of sp³-hybridized carbons (Fsp3) is 0.550. The molecule has 5 heteroatoms. The van der Waals surface area contributed by atoms with Gasteiger partial charge in [0.05, 0.1) is 11.6 Å². The van der Waals surface area contributed by atoms with Gasteiger partial charge < -0.3 is 4.90 Å². The molecule has 1 atom stereocenters. The highest BCUT2D eigenvalue weighted by Crippen LogP contribution is 2.31. The normalized spacial score (nSPS) is 18.9. The topological polar surface area (TPSA) is 51.0 Å². The zero-order chi connectivity index (χ0) is 18.0. The van der Waals surface area contributed by atoms with Gasteiger partial charge in [-0.05, 0) is 64.3 Å². The summed E-state index contributed by atoms with van der Waals surface area (Å²) in [5.41, 5.74) is 2.60. The number of hydrogen-bond donors (Lipinski definition) is 0. The Morgan fingerprint density at radius 3 is 2.52 bits per heavy atom. The van der Waals surface area contributed by atoms with Crippen LogP contribution in [-0.2, 0) is 5.54 Å². The predicted octanol–water partition coefficient (Wildman–Crippen LogP) is 4.10. The van der Waals surface area contributed by atoms with E-state index in [9.17, 15) is 4.79 Å². The third kappa shape index (κ3) is 3.75. The van der Waals surface area contributed by atoms with Crippen LogP contribution in [0.15, 0.2) is 30.6 Å². The molecule has 3 heterocycles. The van der Waals surface area contributed by atoms with Crippen molar-refractivity contribution in [1.29, 1.82) is 0 Å². The van der Waals surface area contributed by atoms with Crippen LogP contribution < -0.4 is 0 Å². The SMILES string of the molecule is Cc1cc(C(=O)N2CCCCC[C@H]2c2ccncc2)nn1C(C)(C)C. The van der Waals surface area contributed by atoms with Crippen molar-refractivity contribution >= 4 is 5.91 Å². The number of carbonyl (C=O) groups excluding carboxylic acids is 1. The molecule has 1 amide bonds. The van der Waals surface area contributed by atoms with E-state index in [4.69, 9.17) is 0 Å². The Bertz CT molecular complexity index is 730. The monoisotopic (exact) mass is 340 g/mol. The summed E-state index contributed by atoms with van der Waals surface area (Å²) in [6.45, 7) is 9.11. The van der Waals surface area contributed by atoms with Crippen molar-refractivity contribution in [1.82, 2.24) is 19.7 Å². The van der Waals surface area contributed by atoms with Gasteiger partial charge in [-0.3, -0.25) is 14.5 Å². The summed E-state index contributed by atoms with van der Waals surface area (Å²) in [5.74, 6) is 0.0369. The van der Waals surface area contributed by atoms with Gasteiger partial charge in [0.2, 0.25) is 0 Å². The molecule has 0 saturated carbocycles. The number of rotatable bonds is 2. The van der Waals surface area contributed by atoms with Crippen LogP contribution >= 0.6 is 0 Å². The first-order valence-electron chi connectivity index (χ1n) is 9.16. The third-order valence-electron chi connectivity index (χ3n) is 4.85. The fourth-order valence-corrected chi connectivity index (χ4v) is 3.69. The molecular weight excluding hydrogens is 312 g/mol. The lowest BCUT2D eigenvalue weighted by molar-refractivity contribution is 0.0673. The van der Waals surface area contributed by atoms with E-state index in [1.165, 1.54) is 6.42 Å². The molecule has 1 saturated heterocycles. The maximum absolute atomic E-state index is 13.3. The Morgan fingerprint density at radius 1 is 1.16 bits per heavy atom. The molecule has 0 radical (unpaired) electrons. The average Bonchev–Trinajstić information content (AvgIpc) is 2.82. The Balaban J connectivity index is 1.93. The van der Waals surface area contributed by atoms with Gasteiger partial charge in [0.15, 0.2) is 5.69 Å². The third-order valence-corrected chi connectivity index (χ3v) is 4.85. The Kier molecular flexibility index (Phi) is 4.93. The Morgan fingerprint density at radius 2 is 1.88 bits per heavy atom. The summed E-state index contributed by atoms with van der Waals surface area (Å²) < 4.78 is 1.94. The maximum atomic E-state index is 13.3. The van der Waals surface area contributed by atoms with Gasteiger partial charge >= 0.3 is 0 Å². The lowest BCUT2D eigenvalue weighted by Gasteiger charge is -2.30. The highest BCUT2D eigenvalue weighted by atomic mass is 16.2. The largest absolute Gasteiger partial charge is 0.330 e. The number of hydrogen-bond acceptors (Lipinski definition) is 3. The lowest BCUT2D eigenvalue weighted by atomic mass is 10.0. The summed E-state index contributed by atoms with van der Waals surface area (Å²) >= 11 is 0. The minimum absolute atomic E-state index is 0.0369.